The molecule has 298 valence electrons. The lowest BCUT2D eigenvalue weighted by molar-refractivity contribution is -0.146. The first kappa shape index (κ1) is 45.0. The number of amides is 4. The predicted molar refractivity (Wildman–Crippen MR) is 202 cm³/mol. The van der Waals surface area contributed by atoms with Gasteiger partial charge in [-0.1, -0.05) is 73.5 Å². The van der Waals surface area contributed by atoms with Gasteiger partial charge in [-0.15, -0.1) is 0 Å². The predicted octanol–water partition coefficient (Wildman–Crippen LogP) is 5.61. The Labute approximate surface area is 318 Å². The Bertz CT molecular complexity index is 1360. The van der Waals surface area contributed by atoms with Gasteiger partial charge in [0.15, 0.2) is 0 Å². The number of alkyl carbamates (subject to hydrolysis) is 2. The van der Waals surface area contributed by atoms with Crippen LogP contribution in [0.4, 0.5) is 9.59 Å². The first-order chi connectivity index (χ1) is 25.5. The zero-order valence-corrected chi connectivity index (χ0v) is 32.5. The number of carbonyl (C=O) groups excluding carboxylic acids is 6. The second-order valence-corrected chi connectivity index (χ2v) is 14.8. The molecule has 0 bridgehead atoms. The second-order valence-electron chi connectivity index (χ2n) is 14.8. The molecule has 2 aromatic rings. The van der Waals surface area contributed by atoms with E-state index in [-0.39, 0.29) is 38.9 Å². The van der Waals surface area contributed by atoms with Crippen LogP contribution in [0.15, 0.2) is 60.7 Å². The number of esters is 2. The molecule has 0 aromatic heterocycles. The molecule has 0 saturated carbocycles. The van der Waals surface area contributed by atoms with Gasteiger partial charge in [-0.25, -0.2) is 9.59 Å². The van der Waals surface area contributed by atoms with E-state index in [1.54, 1.807) is 41.5 Å². The lowest BCUT2D eigenvalue weighted by Crippen LogP contribution is -2.48. The summed E-state index contributed by atoms with van der Waals surface area (Å²) in [6.45, 7) is 11.1. The molecule has 0 radical (unpaired) electrons. The fraction of sp³-hybridized carbons (Fsp3) is 0.550. The molecular formula is C40H58N4O10. The minimum atomic E-state index is -1.01. The number of carbonyl (C=O) groups is 6. The van der Waals surface area contributed by atoms with E-state index in [0.717, 1.165) is 24.0 Å². The average molecular weight is 755 g/mol. The summed E-state index contributed by atoms with van der Waals surface area (Å²) in [6, 6.07) is 16.4. The summed E-state index contributed by atoms with van der Waals surface area (Å²) in [5.74, 6) is -1.89. The molecule has 0 spiro atoms. The molecule has 4 N–H and O–H groups in total. The minimum Gasteiger partial charge on any atom is -0.461 e. The van der Waals surface area contributed by atoms with E-state index in [1.165, 1.54) is 0 Å². The molecule has 0 saturated heterocycles. The monoisotopic (exact) mass is 754 g/mol. The summed E-state index contributed by atoms with van der Waals surface area (Å²) in [7, 11) is 0. The minimum absolute atomic E-state index is 0.0248. The van der Waals surface area contributed by atoms with Crippen LogP contribution in [-0.2, 0) is 51.3 Å². The van der Waals surface area contributed by atoms with Crippen LogP contribution >= 0.6 is 0 Å². The van der Waals surface area contributed by atoms with Crippen molar-refractivity contribution >= 4 is 35.9 Å². The van der Waals surface area contributed by atoms with Crippen LogP contribution in [0.3, 0.4) is 0 Å². The molecule has 0 heterocycles. The maximum atomic E-state index is 13.0. The standard InChI is InChI=1S/C40H58N4O10/c1-39(2,3)53-37(49)43-31(21-23-33(45)51-27-29-17-11-9-12-18-29)35(47)41-25-15-7-8-16-26-42-36(48)32(44-38(50)54-40(4,5)6)22-24-34(46)52-28-30-19-13-10-14-20-30/h9-14,17-20,31-32H,7-8,15-16,21-28H2,1-6H3,(H,41,47)(H,42,48)(H,43,49)(H,44,50)/t31-,32+. The molecule has 54 heavy (non-hydrogen) atoms. The highest BCUT2D eigenvalue weighted by atomic mass is 16.6. The van der Waals surface area contributed by atoms with Crippen LogP contribution in [0.5, 0.6) is 0 Å². The zero-order chi connectivity index (χ0) is 40.0. The quantitative estimate of drug-likeness (QED) is 0.0709. The SMILES string of the molecule is CC(C)(C)OC(=O)N[C@@H](CCC(=O)OCc1ccccc1)C(=O)NCCCCCCNC(=O)[C@@H](CCC(=O)OCc1ccccc1)NC(=O)OC(C)(C)C. The number of unbranched alkanes of at least 4 members (excludes halogenated alkanes) is 3. The third kappa shape index (κ3) is 21.4. The molecule has 0 aliphatic carbocycles. The van der Waals surface area contributed by atoms with Crippen molar-refractivity contribution < 1.29 is 47.7 Å². The van der Waals surface area contributed by atoms with E-state index in [4.69, 9.17) is 18.9 Å². The van der Waals surface area contributed by atoms with Gasteiger partial charge in [0.25, 0.3) is 0 Å². The summed E-state index contributed by atoms with van der Waals surface area (Å²) in [5.41, 5.74) is 0.127. The van der Waals surface area contributed by atoms with Gasteiger partial charge in [-0.3, -0.25) is 19.2 Å². The molecular weight excluding hydrogens is 696 g/mol. The summed E-state index contributed by atoms with van der Waals surface area (Å²) in [5, 5.41) is 10.7. The lowest BCUT2D eigenvalue weighted by Gasteiger charge is -2.23. The Morgan fingerprint density at radius 3 is 1.22 bits per heavy atom. The Kier molecular flexibility index (Phi) is 19.6. The first-order valence-electron chi connectivity index (χ1n) is 18.4. The van der Waals surface area contributed by atoms with Crippen molar-refractivity contribution in [3.63, 3.8) is 0 Å². The Morgan fingerprint density at radius 1 is 0.537 bits per heavy atom. The van der Waals surface area contributed by atoms with Crippen molar-refractivity contribution in [3.8, 4) is 0 Å². The van der Waals surface area contributed by atoms with E-state index in [1.807, 2.05) is 60.7 Å². The lowest BCUT2D eigenvalue weighted by atomic mass is 10.1. The van der Waals surface area contributed by atoms with Crippen LogP contribution in [0.1, 0.15) is 104 Å². The number of benzene rings is 2. The van der Waals surface area contributed by atoms with Gasteiger partial charge >= 0.3 is 24.1 Å². The fourth-order valence-corrected chi connectivity index (χ4v) is 4.86. The Hall–Kier alpha value is -5.14. The van der Waals surface area contributed by atoms with Gasteiger partial charge < -0.3 is 40.2 Å². The molecule has 2 atom stereocenters. The normalized spacial score (nSPS) is 12.3. The molecule has 14 nitrogen and oxygen atoms in total. The molecule has 0 unspecified atom stereocenters. The molecule has 14 heteroatoms. The smallest absolute Gasteiger partial charge is 0.408 e. The highest BCUT2D eigenvalue weighted by Crippen LogP contribution is 2.11. The Balaban J connectivity index is 1.77. The summed E-state index contributed by atoms with van der Waals surface area (Å²) >= 11 is 0. The molecule has 0 fully saturated rings. The second kappa shape index (κ2) is 23.5. The fourth-order valence-electron chi connectivity index (χ4n) is 4.86. The molecule has 0 aliphatic rings. The van der Waals surface area contributed by atoms with Crippen molar-refractivity contribution in [2.45, 2.75) is 129 Å². The van der Waals surface area contributed by atoms with Gasteiger partial charge in [0.05, 0.1) is 0 Å². The number of hydrogen-bond donors (Lipinski definition) is 4. The summed E-state index contributed by atoms with van der Waals surface area (Å²) < 4.78 is 21.2. The van der Waals surface area contributed by atoms with E-state index in [0.29, 0.717) is 25.9 Å². The van der Waals surface area contributed by atoms with Crippen LogP contribution in [0.25, 0.3) is 0 Å². The van der Waals surface area contributed by atoms with Crippen molar-refractivity contribution in [1.29, 1.82) is 0 Å². The van der Waals surface area contributed by atoms with E-state index >= 15 is 0 Å². The molecule has 0 aliphatic heterocycles. The van der Waals surface area contributed by atoms with Gasteiger partial charge in [-0.2, -0.15) is 0 Å². The topological polar surface area (TPSA) is 187 Å². The van der Waals surface area contributed by atoms with E-state index < -0.39 is 59.2 Å². The number of nitrogens with one attached hydrogen (secondary N) is 4. The van der Waals surface area contributed by atoms with Crippen LogP contribution in [0, 0.1) is 0 Å². The Morgan fingerprint density at radius 2 is 0.889 bits per heavy atom. The van der Waals surface area contributed by atoms with Gasteiger partial charge in [-0.05, 0) is 78.4 Å². The zero-order valence-electron chi connectivity index (χ0n) is 32.5. The maximum absolute atomic E-state index is 13.0. The van der Waals surface area contributed by atoms with Crippen molar-refractivity contribution in [2.24, 2.45) is 0 Å². The first-order valence-corrected chi connectivity index (χ1v) is 18.4. The molecule has 2 aromatic carbocycles. The average Bonchev–Trinajstić information content (AvgIpc) is 3.10. The van der Waals surface area contributed by atoms with Crippen molar-refractivity contribution in [2.75, 3.05) is 13.1 Å². The molecule has 2 rings (SSSR count). The third-order valence-electron chi connectivity index (χ3n) is 7.48. The summed E-state index contributed by atoms with van der Waals surface area (Å²) in [4.78, 5) is 75.7. The maximum Gasteiger partial charge on any atom is 0.408 e. The third-order valence-corrected chi connectivity index (χ3v) is 7.48. The van der Waals surface area contributed by atoms with Crippen molar-refractivity contribution in [1.82, 2.24) is 21.3 Å². The number of rotatable bonds is 21. The number of ether oxygens (including phenoxy) is 4. The largest absolute Gasteiger partial charge is 0.461 e. The van der Waals surface area contributed by atoms with Crippen molar-refractivity contribution in [3.05, 3.63) is 71.8 Å². The van der Waals surface area contributed by atoms with Crippen LogP contribution < -0.4 is 21.3 Å². The van der Waals surface area contributed by atoms with Crippen LogP contribution in [-0.4, -0.2) is 72.3 Å². The van der Waals surface area contributed by atoms with E-state index in [9.17, 15) is 28.8 Å². The molecule has 4 amide bonds. The highest BCUT2D eigenvalue weighted by molar-refractivity contribution is 5.87. The van der Waals surface area contributed by atoms with Gasteiger partial charge in [0, 0.05) is 25.9 Å². The summed E-state index contributed by atoms with van der Waals surface area (Å²) in [6.07, 6.45) is 1.07. The van der Waals surface area contributed by atoms with Gasteiger partial charge in [0.2, 0.25) is 11.8 Å². The van der Waals surface area contributed by atoms with E-state index in [2.05, 4.69) is 21.3 Å². The van der Waals surface area contributed by atoms with Crippen LogP contribution in [0.2, 0.25) is 0 Å². The van der Waals surface area contributed by atoms with Gasteiger partial charge in [0.1, 0.15) is 36.5 Å². The number of hydrogen-bond acceptors (Lipinski definition) is 10. The highest BCUT2D eigenvalue weighted by Gasteiger charge is 2.27.